The standard InChI is InChI=1S/C21H19N3O3/c1-22-17-12-24(16-11-7-6-10-15(16)13-25)19(14-8-4-3-5-9-14)18(17)20(26)23(2)21(22)27/h3-12,25H,13H2,1-2H3. The van der Waals surface area contributed by atoms with Crippen molar-refractivity contribution in [3.63, 3.8) is 0 Å². The van der Waals surface area contributed by atoms with Crippen LogP contribution in [0.15, 0.2) is 70.4 Å². The Kier molecular flexibility index (Phi) is 4.05. The van der Waals surface area contributed by atoms with Crippen molar-refractivity contribution >= 4 is 10.9 Å². The van der Waals surface area contributed by atoms with Crippen molar-refractivity contribution in [2.24, 2.45) is 14.1 Å². The van der Waals surface area contributed by atoms with Crippen LogP contribution in [0.1, 0.15) is 5.56 Å². The van der Waals surface area contributed by atoms with E-state index in [0.29, 0.717) is 16.6 Å². The van der Waals surface area contributed by atoms with Crippen LogP contribution in [0.25, 0.3) is 27.8 Å². The number of benzene rings is 2. The summed E-state index contributed by atoms with van der Waals surface area (Å²) in [7, 11) is 3.14. The molecule has 136 valence electrons. The molecule has 2 aromatic carbocycles. The van der Waals surface area contributed by atoms with Gasteiger partial charge < -0.3 is 9.67 Å². The van der Waals surface area contributed by atoms with Crippen LogP contribution >= 0.6 is 0 Å². The van der Waals surface area contributed by atoms with Crippen molar-refractivity contribution in [1.29, 1.82) is 0 Å². The van der Waals surface area contributed by atoms with Gasteiger partial charge in [-0.1, -0.05) is 48.5 Å². The zero-order valence-electron chi connectivity index (χ0n) is 15.1. The number of aryl methyl sites for hydroxylation is 1. The maximum atomic E-state index is 13.0. The van der Waals surface area contributed by atoms with Crippen LogP contribution in [0.3, 0.4) is 0 Å². The summed E-state index contributed by atoms with van der Waals surface area (Å²) < 4.78 is 4.48. The van der Waals surface area contributed by atoms with Gasteiger partial charge >= 0.3 is 5.69 Å². The van der Waals surface area contributed by atoms with E-state index in [1.807, 2.05) is 59.2 Å². The third kappa shape index (κ3) is 2.53. The zero-order valence-corrected chi connectivity index (χ0v) is 15.1. The molecule has 0 spiro atoms. The fourth-order valence-electron chi connectivity index (χ4n) is 3.49. The molecule has 0 aliphatic carbocycles. The van der Waals surface area contributed by atoms with E-state index >= 15 is 0 Å². The van der Waals surface area contributed by atoms with Gasteiger partial charge in [0.05, 0.1) is 28.9 Å². The minimum atomic E-state index is -0.375. The van der Waals surface area contributed by atoms with Crippen LogP contribution in [0.5, 0.6) is 0 Å². The van der Waals surface area contributed by atoms with Crippen LogP contribution < -0.4 is 11.2 Å². The lowest BCUT2D eigenvalue weighted by molar-refractivity contribution is 0.281. The second kappa shape index (κ2) is 6.41. The summed E-state index contributed by atoms with van der Waals surface area (Å²) in [6.45, 7) is -0.129. The molecule has 0 unspecified atom stereocenters. The number of nitrogens with zero attached hydrogens (tertiary/aromatic N) is 3. The summed E-state index contributed by atoms with van der Waals surface area (Å²) in [4.78, 5) is 25.4. The largest absolute Gasteiger partial charge is 0.392 e. The van der Waals surface area contributed by atoms with Gasteiger partial charge in [0.1, 0.15) is 0 Å². The number of aliphatic hydroxyl groups is 1. The highest BCUT2D eigenvalue weighted by Crippen LogP contribution is 2.31. The SMILES string of the molecule is Cn1c(=O)c2c(-c3ccccc3)n(-c3ccccc3CO)cc2n(C)c1=O. The second-order valence-corrected chi connectivity index (χ2v) is 6.47. The molecule has 0 aliphatic rings. The highest BCUT2D eigenvalue weighted by Gasteiger charge is 2.20. The van der Waals surface area contributed by atoms with Crippen molar-refractivity contribution in [1.82, 2.24) is 13.7 Å². The summed E-state index contributed by atoms with van der Waals surface area (Å²) in [5.41, 5.74) is 2.89. The van der Waals surface area contributed by atoms with Crippen molar-refractivity contribution in [2.45, 2.75) is 6.61 Å². The number of rotatable bonds is 3. The molecule has 0 saturated heterocycles. The van der Waals surface area contributed by atoms with E-state index in [-0.39, 0.29) is 17.9 Å². The summed E-state index contributed by atoms with van der Waals surface area (Å²) in [6, 6.07) is 17.0. The van der Waals surface area contributed by atoms with Crippen molar-refractivity contribution in [3.8, 4) is 16.9 Å². The maximum Gasteiger partial charge on any atom is 0.330 e. The number of aromatic nitrogens is 3. The van der Waals surface area contributed by atoms with Gasteiger partial charge in [-0.15, -0.1) is 0 Å². The molecule has 0 amide bonds. The molecular weight excluding hydrogens is 342 g/mol. The van der Waals surface area contributed by atoms with Gasteiger partial charge in [-0.25, -0.2) is 4.79 Å². The molecule has 6 heteroatoms. The third-order valence-corrected chi connectivity index (χ3v) is 4.91. The predicted molar refractivity (Wildman–Crippen MR) is 105 cm³/mol. The summed E-state index contributed by atoms with van der Waals surface area (Å²) in [6.07, 6.45) is 1.79. The fraction of sp³-hybridized carbons (Fsp3) is 0.143. The van der Waals surface area contributed by atoms with Crippen LogP contribution in [0.4, 0.5) is 0 Å². The topological polar surface area (TPSA) is 69.2 Å². The molecule has 0 saturated carbocycles. The van der Waals surface area contributed by atoms with Gasteiger partial charge in [-0.3, -0.25) is 13.9 Å². The second-order valence-electron chi connectivity index (χ2n) is 6.47. The first-order chi connectivity index (χ1) is 13.0. The molecule has 0 bridgehead atoms. The molecular formula is C21H19N3O3. The molecule has 0 atom stereocenters. The lowest BCUT2D eigenvalue weighted by Crippen LogP contribution is -2.36. The number of fused-ring (bicyclic) bond motifs is 1. The van der Waals surface area contributed by atoms with E-state index < -0.39 is 0 Å². The minimum Gasteiger partial charge on any atom is -0.392 e. The van der Waals surface area contributed by atoms with Crippen molar-refractivity contribution in [2.75, 3.05) is 0 Å². The normalized spacial score (nSPS) is 11.2. The van der Waals surface area contributed by atoms with E-state index in [0.717, 1.165) is 21.4 Å². The predicted octanol–water partition coefficient (Wildman–Crippen LogP) is 2.19. The van der Waals surface area contributed by atoms with Gasteiger partial charge in [-0.2, -0.15) is 0 Å². The van der Waals surface area contributed by atoms with Gasteiger partial charge in [0.25, 0.3) is 5.56 Å². The lowest BCUT2D eigenvalue weighted by atomic mass is 10.1. The first kappa shape index (κ1) is 17.1. The maximum absolute atomic E-state index is 13.0. The fourth-order valence-corrected chi connectivity index (χ4v) is 3.49. The first-order valence-corrected chi connectivity index (χ1v) is 8.60. The van der Waals surface area contributed by atoms with Crippen LogP contribution in [0, 0.1) is 0 Å². The first-order valence-electron chi connectivity index (χ1n) is 8.60. The van der Waals surface area contributed by atoms with Gasteiger partial charge in [0.15, 0.2) is 0 Å². The molecule has 1 N–H and O–H groups in total. The summed E-state index contributed by atoms with van der Waals surface area (Å²) in [5.74, 6) is 0. The third-order valence-electron chi connectivity index (χ3n) is 4.91. The molecule has 0 fully saturated rings. The van der Waals surface area contributed by atoms with Crippen LogP contribution in [-0.2, 0) is 20.7 Å². The summed E-state index contributed by atoms with van der Waals surface area (Å²) >= 11 is 0. The van der Waals surface area contributed by atoms with Crippen molar-refractivity contribution in [3.05, 3.63) is 87.2 Å². The Morgan fingerprint density at radius 2 is 1.56 bits per heavy atom. The van der Waals surface area contributed by atoms with E-state index in [4.69, 9.17) is 0 Å². The highest BCUT2D eigenvalue weighted by molar-refractivity contribution is 5.94. The molecule has 2 aromatic heterocycles. The molecule has 4 rings (SSSR count). The Hall–Kier alpha value is -3.38. The quantitative estimate of drug-likeness (QED) is 0.608. The van der Waals surface area contributed by atoms with Crippen molar-refractivity contribution < 1.29 is 5.11 Å². The van der Waals surface area contributed by atoms with E-state index in [1.165, 1.54) is 11.6 Å². The number of aliphatic hydroxyl groups excluding tert-OH is 1. The Balaban J connectivity index is 2.24. The number of hydrogen-bond donors (Lipinski definition) is 1. The Labute approximate surface area is 155 Å². The molecule has 2 heterocycles. The minimum absolute atomic E-state index is 0.129. The van der Waals surface area contributed by atoms with Gasteiger partial charge in [0.2, 0.25) is 0 Å². The van der Waals surface area contributed by atoms with Crippen LogP contribution in [-0.4, -0.2) is 18.8 Å². The lowest BCUT2D eigenvalue weighted by Gasteiger charge is -2.13. The summed E-state index contributed by atoms with van der Waals surface area (Å²) in [5, 5.41) is 10.2. The Bertz CT molecular complexity index is 1260. The molecule has 4 aromatic rings. The molecule has 0 radical (unpaired) electrons. The number of hydrogen-bond acceptors (Lipinski definition) is 3. The molecule has 0 aliphatic heterocycles. The monoisotopic (exact) mass is 361 g/mol. The van der Waals surface area contributed by atoms with Crippen LogP contribution in [0.2, 0.25) is 0 Å². The smallest absolute Gasteiger partial charge is 0.330 e. The van der Waals surface area contributed by atoms with Gasteiger partial charge in [0, 0.05) is 25.9 Å². The van der Waals surface area contributed by atoms with E-state index in [9.17, 15) is 14.7 Å². The Morgan fingerprint density at radius 3 is 2.26 bits per heavy atom. The average molecular weight is 361 g/mol. The Morgan fingerprint density at radius 1 is 0.889 bits per heavy atom. The van der Waals surface area contributed by atoms with E-state index in [1.54, 1.807) is 13.2 Å². The molecule has 6 nitrogen and oxygen atoms in total. The molecule has 27 heavy (non-hydrogen) atoms. The van der Waals surface area contributed by atoms with E-state index in [2.05, 4.69) is 0 Å². The van der Waals surface area contributed by atoms with Gasteiger partial charge in [-0.05, 0) is 11.6 Å². The highest BCUT2D eigenvalue weighted by atomic mass is 16.3. The zero-order chi connectivity index (χ0) is 19.1. The average Bonchev–Trinajstić information content (AvgIpc) is 3.12. The number of para-hydroxylation sites is 1.